The fraction of sp³-hybridized carbons (Fsp3) is 0.600. The van der Waals surface area contributed by atoms with Crippen LogP contribution in [0.3, 0.4) is 0 Å². The van der Waals surface area contributed by atoms with Crippen LogP contribution in [0.1, 0.15) is 42.5 Å². The van der Waals surface area contributed by atoms with Gasteiger partial charge in [-0.25, -0.2) is 0 Å². The van der Waals surface area contributed by atoms with Crippen LogP contribution in [0.25, 0.3) is 0 Å². The molecule has 2 aromatic rings. The molecule has 1 unspecified atom stereocenters. The van der Waals surface area contributed by atoms with Crippen molar-refractivity contribution in [1.29, 1.82) is 0 Å². The van der Waals surface area contributed by atoms with E-state index < -0.39 is 0 Å². The molecule has 2 heterocycles. The molecule has 0 bridgehead atoms. The molecular weight excluding hydrogens is 286 g/mol. The molecule has 6 heteroatoms. The smallest absolute Gasteiger partial charge is 0.130 e. The molecule has 0 aliphatic carbocycles. The van der Waals surface area contributed by atoms with Gasteiger partial charge in [0.2, 0.25) is 0 Å². The minimum Gasteiger partial charge on any atom is -0.309 e. The molecule has 0 spiro atoms. The van der Waals surface area contributed by atoms with Crippen LogP contribution in [0, 0.1) is 13.8 Å². The molecular formula is C15H24ClN5. The van der Waals surface area contributed by atoms with E-state index in [0.717, 1.165) is 41.6 Å². The summed E-state index contributed by atoms with van der Waals surface area (Å²) < 4.78 is 3.79. The number of nitrogens with zero attached hydrogens (tertiary/aromatic N) is 4. The second-order valence-corrected chi connectivity index (χ2v) is 5.68. The Morgan fingerprint density at radius 2 is 2.00 bits per heavy atom. The first-order chi connectivity index (χ1) is 9.97. The van der Waals surface area contributed by atoms with Gasteiger partial charge in [-0.2, -0.15) is 10.2 Å². The monoisotopic (exact) mass is 309 g/mol. The standard InChI is InChI=1S/C15H24ClN5/c1-6-17-13(14-8-10(3)18-21(14)7-2)9-12-11(4)19-20(5)15(12)16/h8,13,17H,6-7,9H2,1-5H3. The predicted octanol–water partition coefficient (Wildman–Crippen LogP) is 2.80. The van der Waals surface area contributed by atoms with Gasteiger partial charge in [-0.15, -0.1) is 0 Å². The Morgan fingerprint density at radius 3 is 2.52 bits per heavy atom. The van der Waals surface area contributed by atoms with E-state index in [1.165, 1.54) is 5.69 Å². The lowest BCUT2D eigenvalue weighted by atomic mass is 10.0. The van der Waals surface area contributed by atoms with E-state index in [0.29, 0.717) is 0 Å². The molecule has 0 aromatic carbocycles. The van der Waals surface area contributed by atoms with Crippen molar-refractivity contribution in [3.05, 3.63) is 33.9 Å². The van der Waals surface area contributed by atoms with Crippen LogP contribution in [0.4, 0.5) is 0 Å². The molecule has 1 N–H and O–H groups in total. The largest absolute Gasteiger partial charge is 0.309 e. The summed E-state index contributed by atoms with van der Waals surface area (Å²) in [6.45, 7) is 10.0. The zero-order valence-corrected chi connectivity index (χ0v) is 14.2. The summed E-state index contributed by atoms with van der Waals surface area (Å²) >= 11 is 6.37. The van der Waals surface area contributed by atoms with Crippen molar-refractivity contribution in [3.63, 3.8) is 0 Å². The fourth-order valence-electron chi connectivity index (χ4n) is 2.74. The van der Waals surface area contributed by atoms with Crippen LogP contribution < -0.4 is 5.32 Å². The van der Waals surface area contributed by atoms with E-state index in [2.05, 4.69) is 40.1 Å². The number of aryl methyl sites for hydroxylation is 4. The minimum absolute atomic E-state index is 0.191. The molecule has 2 aromatic heterocycles. The van der Waals surface area contributed by atoms with Gasteiger partial charge in [0.15, 0.2) is 0 Å². The van der Waals surface area contributed by atoms with Crippen LogP contribution >= 0.6 is 11.6 Å². The van der Waals surface area contributed by atoms with E-state index in [-0.39, 0.29) is 6.04 Å². The maximum Gasteiger partial charge on any atom is 0.130 e. The molecule has 0 aliphatic rings. The Morgan fingerprint density at radius 1 is 1.29 bits per heavy atom. The summed E-state index contributed by atoms with van der Waals surface area (Å²) in [6, 6.07) is 2.34. The molecule has 21 heavy (non-hydrogen) atoms. The first kappa shape index (κ1) is 16.0. The molecule has 0 saturated carbocycles. The number of aromatic nitrogens is 4. The molecule has 5 nitrogen and oxygen atoms in total. The van der Waals surface area contributed by atoms with Crippen LogP contribution in [0.15, 0.2) is 6.07 Å². The summed E-state index contributed by atoms with van der Waals surface area (Å²) in [5, 5.41) is 13.2. The molecule has 1 atom stereocenters. The highest BCUT2D eigenvalue weighted by Gasteiger charge is 2.21. The predicted molar refractivity (Wildman–Crippen MR) is 85.7 cm³/mol. The van der Waals surface area contributed by atoms with Gasteiger partial charge in [0, 0.05) is 19.2 Å². The van der Waals surface area contributed by atoms with Gasteiger partial charge in [-0.05, 0) is 39.8 Å². The minimum atomic E-state index is 0.191. The van der Waals surface area contributed by atoms with Crippen LogP contribution in [-0.2, 0) is 20.0 Å². The maximum atomic E-state index is 6.37. The Labute approximate surface area is 131 Å². The fourth-order valence-corrected chi connectivity index (χ4v) is 2.99. The second-order valence-electron chi connectivity index (χ2n) is 5.32. The van der Waals surface area contributed by atoms with E-state index in [1.807, 2.05) is 20.9 Å². The average Bonchev–Trinajstić information content (AvgIpc) is 2.93. The zero-order chi connectivity index (χ0) is 15.6. The lowest BCUT2D eigenvalue weighted by molar-refractivity contribution is 0.489. The average molecular weight is 310 g/mol. The Hall–Kier alpha value is -1.33. The molecule has 0 fully saturated rings. The Bertz CT molecular complexity index is 614. The van der Waals surface area contributed by atoms with E-state index >= 15 is 0 Å². The van der Waals surface area contributed by atoms with E-state index in [9.17, 15) is 0 Å². The van der Waals surface area contributed by atoms with Crippen molar-refractivity contribution >= 4 is 11.6 Å². The van der Waals surface area contributed by atoms with Crippen molar-refractivity contribution in [2.45, 2.75) is 46.7 Å². The van der Waals surface area contributed by atoms with Gasteiger partial charge in [0.25, 0.3) is 0 Å². The number of halogens is 1. The Kier molecular flexibility index (Phi) is 5.06. The quantitative estimate of drug-likeness (QED) is 0.892. The number of hydrogen-bond donors (Lipinski definition) is 1. The van der Waals surface area contributed by atoms with Crippen molar-refractivity contribution in [3.8, 4) is 0 Å². The number of nitrogens with one attached hydrogen (secondary N) is 1. The van der Waals surface area contributed by atoms with Crippen molar-refractivity contribution < 1.29 is 0 Å². The summed E-state index contributed by atoms with van der Waals surface area (Å²) in [7, 11) is 1.88. The first-order valence-corrected chi connectivity index (χ1v) is 7.81. The molecule has 0 amide bonds. The third-order valence-corrected chi connectivity index (χ3v) is 4.19. The van der Waals surface area contributed by atoms with Crippen molar-refractivity contribution in [1.82, 2.24) is 24.9 Å². The molecule has 2 rings (SSSR count). The maximum absolute atomic E-state index is 6.37. The molecule has 0 aliphatic heterocycles. The van der Waals surface area contributed by atoms with Gasteiger partial charge >= 0.3 is 0 Å². The van der Waals surface area contributed by atoms with Gasteiger partial charge in [0.1, 0.15) is 5.15 Å². The first-order valence-electron chi connectivity index (χ1n) is 7.43. The van der Waals surface area contributed by atoms with Crippen LogP contribution in [-0.4, -0.2) is 26.1 Å². The third-order valence-electron chi connectivity index (χ3n) is 3.72. The van der Waals surface area contributed by atoms with Gasteiger partial charge < -0.3 is 5.32 Å². The van der Waals surface area contributed by atoms with Gasteiger partial charge in [0.05, 0.1) is 23.1 Å². The summed E-state index contributed by atoms with van der Waals surface area (Å²) in [4.78, 5) is 0. The zero-order valence-electron chi connectivity index (χ0n) is 13.4. The van der Waals surface area contributed by atoms with E-state index in [4.69, 9.17) is 11.6 Å². The number of hydrogen-bond acceptors (Lipinski definition) is 3. The SMILES string of the molecule is CCNC(Cc1c(C)nn(C)c1Cl)c1cc(C)nn1CC. The molecule has 0 radical (unpaired) electrons. The van der Waals surface area contributed by atoms with Gasteiger partial charge in [-0.1, -0.05) is 18.5 Å². The van der Waals surface area contributed by atoms with Crippen molar-refractivity contribution in [2.24, 2.45) is 7.05 Å². The highest BCUT2D eigenvalue weighted by molar-refractivity contribution is 6.30. The third kappa shape index (κ3) is 3.30. The van der Waals surface area contributed by atoms with Gasteiger partial charge in [-0.3, -0.25) is 9.36 Å². The lowest BCUT2D eigenvalue weighted by Crippen LogP contribution is -2.26. The summed E-state index contributed by atoms with van der Waals surface area (Å²) in [5.41, 5.74) is 4.34. The Balaban J connectivity index is 2.35. The number of likely N-dealkylation sites (N-methyl/N-ethyl adjacent to an activating group) is 1. The normalized spacial score (nSPS) is 12.9. The number of rotatable bonds is 6. The molecule has 116 valence electrons. The highest BCUT2D eigenvalue weighted by Crippen LogP contribution is 2.26. The van der Waals surface area contributed by atoms with E-state index in [1.54, 1.807) is 4.68 Å². The summed E-state index contributed by atoms with van der Waals surface area (Å²) in [5.74, 6) is 0. The highest BCUT2D eigenvalue weighted by atomic mass is 35.5. The summed E-state index contributed by atoms with van der Waals surface area (Å²) in [6.07, 6.45) is 0.817. The molecule has 0 saturated heterocycles. The topological polar surface area (TPSA) is 47.7 Å². The van der Waals surface area contributed by atoms with Crippen LogP contribution in [0.5, 0.6) is 0 Å². The van der Waals surface area contributed by atoms with Crippen LogP contribution in [0.2, 0.25) is 5.15 Å². The second kappa shape index (κ2) is 6.62. The lowest BCUT2D eigenvalue weighted by Gasteiger charge is -2.19. The van der Waals surface area contributed by atoms with Crippen molar-refractivity contribution in [2.75, 3.05) is 6.54 Å².